The zero-order chi connectivity index (χ0) is 19.0. The molecule has 2 aromatic carbocycles. The molecule has 0 saturated carbocycles. The number of fused-ring (bicyclic) bond motifs is 1. The van der Waals surface area contributed by atoms with Crippen molar-refractivity contribution in [3.8, 4) is 11.5 Å². The lowest BCUT2D eigenvalue weighted by Gasteiger charge is -2.37. The smallest absolute Gasteiger partial charge is 0.256 e. The molecule has 0 aromatic heterocycles. The summed E-state index contributed by atoms with van der Waals surface area (Å²) in [5.74, 6) is 1.23. The van der Waals surface area contributed by atoms with Crippen LogP contribution in [0.15, 0.2) is 46.9 Å². The van der Waals surface area contributed by atoms with Crippen LogP contribution in [-0.4, -0.2) is 38.0 Å². The van der Waals surface area contributed by atoms with Crippen LogP contribution in [0.5, 0.6) is 11.5 Å². The van der Waals surface area contributed by atoms with Gasteiger partial charge in [-0.15, -0.1) is 4.40 Å². The molecule has 5 nitrogen and oxygen atoms in total. The van der Waals surface area contributed by atoms with Gasteiger partial charge in [0.25, 0.3) is 10.0 Å². The van der Waals surface area contributed by atoms with Crippen LogP contribution in [0.2, 0.25) is 5.02 Å². The van der Waals surface area contributed by atoms with Gasteiger partial charge in [0.1, 0.15) is 23.2 Å². The van der Waals surface area contributed by atoms with Crippen LogP contribution in [0, 0.1) is 5.82 Å². The first-order valence-corrected chi connectivity index (χ1v) is 10.7. The molecular weight excluding hydrogens is 391 g/mol. The first kappa shape index (κ1) is 18.3. The summed E-state index contributed by atoms with van der Waals surface area (Å²) in [5, 5.41) is 0.00272. The number of halogens is 2. The van der Waals surface area contributed by atoms with E-state index in [1.807, 2.05) is 24.3 Å². The van der Waals surface area contributed by atoms with Gasteiger partial charge in [0.15, 0.2) is 0 Å². The van der Waals surface area contributed by atoms with Crippen LogP contribution < -0.4 is 4.74 Å². The Morgan fingerprint density at radius 1 is 1.11 bits per heavy atom. The van der Waals surface area contributed by atoms with Gasteiger partial charge in [-0.3, -0.25) is 0 Å². The second kappa shape index (κ2) is 7.13. The Bertz CT molecular complexity index is 993. The molecule has 2 aromatic rings. The van der Waals surface area contributed by atoms with E-state index in [2.05, 4.69) is 9.30 Å². The van der Waals surface area contributed by atoms with Crippen LogP contribution >= 0.6 is 11.6 Å². The van der Waals surface area contributed by atoms with E-state index in [1.165, 1.54) is 18.2 Å². The Morgan fingerprint density at radius 2 is 1.85 bits per heavy atom. The maximum atomic E-state index is 13.2. The highest BCUT2D eigenvalue weighted by Gasteiger charge is 2.33. The minimum absolute atomic E-state index is 0.00272. The Morgan fingerprint density at radius 3 is 2.59 bits per heavy atom. The number of sulfonamides is 1. The molecule has 8 heteroatoms. The molecule has 4 rings (SSSR count). The molecule has 27 heavy (non-hydrogen) atoms. The summed E-state index contributed by atoms with van der Waals surface area (Å²) < 4.78 is 46.8. The van der Waals surface area contributed by atoms with Crippen LogP contribution in [0.3, 0.4) is 0 Å². The summed E-state index contributed by atoms with van der Waals surface area (Å²) in [6, 6.07) is 11.6. The molecule has 0 radical (unpaired) electrons. The Kier molecular flexibility index (Phi) is 4.82. The molecule has 2 aliphatic heterocycles. The Labute approximate surface area is 162 Å². The molecule has 142 valence electrons. The molecule has 1 atom stereocenters. The van der Waals surface area contributed by atoms with E-state index in [0.717, 1.165) is 24.9 Å². The number of piperidine rings is 1. The molecule has 1 saturated heterocycles. The highest BCUT2D eigenvalue weighted by atomic mass is 35.5. The van der Waals surface area contributed by atoms with E-state index >= 15 is 0 Å². The fraction of sp³-hybridized carbons (Fsp3) is 0.316. The van der Waals surface area contributed by atoms with E-state index in [0.29, 0.717) is 23.9 Å². The summed E-state index contributed by atoms with van der Waals surface area (Å²) in [7, 11) is -3.37. The quantitative estimate of drug-likeness (QED) is 0.764. The summed E-state index contributed by atoms with van der Waals surface area (Å²) in [6.07, 6.45) is 1.86. The summed E-state index contributed by atoms with van der Waals surface area (Å²) in [4.78, 5) is 2.07. The second-order valence-electron chi connectivity index (χ2n) is 6.66. The lowest BCUT2D eigenvalue weighted by Crippen LogP contribution is -2.46. The molecule has 0 N–H and O–H groups in total. The zero-order valence-electron chi connectivity index (χ0n) is 14.4. The van der Waals surface area contributed by atoms with Crippen molar-refractivity contribution in [1.29, 1.82) is 0 Å². The number of rotatable bonds is 3. The van der Waals surface area contributed by atoms with Crippen LogP contribution in [0.1, 0.15) is 24.3 Å². The molecule has 0 bridgehead atoms. The van der Waals surface area contributed by atoms with E-state index in [9.17, 15) is 12.8 Å². The summed E-state index contributed by atoms with van der Waals surface area (Å²) in [5.41, 5.74) is 1.00. The standard InChI is InChI=1S/C19H18ClFN2O3S/c20-17-12-15(7-8-18(17)21)26-14-5-3-13(4-6-14)16-2-1-9-23-10-11-27(24,25)22-19(16)23/h3-8,12,16H,1-2,9-11H2/t16-/m0/s1. The summed E-state index contributed by atoms with van der Waals surface area (Å²) in [6.45, 7) is 1.35. The molecule has 1 fully saturated rings. The van der Waals surface area contributed by atoms with Crippen LogP contribution in [0.25, 0.3) is 0 Å². The van der Waals surface area contributed by atoms with Gasteiger partial charge in [-0.1, -0.05) is 23.7 Å². The molecule has 2 aliphatic rings. The lowest BCUT2D eigenvalue weighted by atomic mass is 9.89. The highest BCUT2D eigenvalue weighted by molar-refractivity contribution is 7.90. The van der Waals surface area contributed by atoms with Gasteiger partial charge >= 0.3 is 0 Å². The molecule has 0 aliphatic carbocycles. The van der Waals surface area contributed by atoms with Gasteiger partial charge in [-0.05, 0) is 42.7 Å². The van der Waals surface area contributed by atoms with Crippen molar-refractivity contribution >= 4 is 27.5 Å². The average molecular weight is 409 g/mol. The number of benzene rings is 2. The van der Waals surface area contributed by atoms with E-state index < -0.39 is 15.8 Å². The molecular formula is C19H18ClFN2O3S. The molecule has 2 heterocycles. The topological polar surface area (TPSA) is 59.0 Å². The third-order valence-corrected chi connectivity index (χ3v) is 6.27. The normalized spacial score (nSPS) is 21.3. The van der Waals surface area contributed by atoms with Gasteiger partial charge in [0, 0.05) is 25.1 Å². The van der Waals surface area contributed by atoms with Gasteiger partial charge in [-0.2, -0.15) is 0 Å². The van der Waals surface area contributed by atoms with Crippen LogP contribution in [-0.2, 0) is 10.0 Å². The van der Waals surface area contributed by atoms with Crippen molar-refractivity contribution in [1.82, 2.24) is 4.90 Å². The number of hydrogen-bond acceptors (Lipinski definition) is 4. The number of nitrogens with zero attached hydrogens (tertiary/aromatic N) is 2. The van der Waals surface area contributed by atoms with E-state index in [1.54, 1.807) is 0 Å². The van der Waals surface area contributed by atoms with Crippen molar-refractivity contribution in [2.24, 2.45) is 4.40 Å². The van der Waals surface area contributed by atoms with Gasteiger partial charge < -0.3 is 9.64 Å². The van der Waals surface area contributed by atoms with E-state index in [-0.39, 0.29) is 16.7 Å². The number of ether oxygens (including phenoxy) is 1. The maximum Gasteiger partial charge on any atom is 0.256 e. The van der Waals surface area contributed by atoms with Crippen LogP contribution in [0.4, 0.5) is 4.39 Å². The van der Waals surface area contributed by atoms with Crippen molar-refractivity contribution in [2.75, 3.05) is 18.8 Å². The average Bonchev–Trinajstić information content (AvgIpc) is 2.64. The van der Waals surface area contributed by atoms with Crippen molar-refractivity contribution in [2.45, 2.75) is 18.8 Å². The maximum absolute atomic E-state index is 13.2. The largest absolute Gasteiger partial charge is 0.457 e. The molecule has 0 unspecified atom stereocenters. The third kappa shape index (κ3) is 3.94. The Hall–Kier alpha value is -2.12. The predicted molar refractivity (Wildman–Crippen MR) is 103 cm³/mol. The Balaban J connectivity index is 1.56. The first-order valence-electron chi connectivity index (χ1n) is 8.72. The van der Waals surface area contributed by atoms with Gasteiger partial charge in [0.2, 0.25) is 0 Å². The minimum Gasteiger partial charge on any atom is -0.457 e. The monoisotopic (exact) mass is 408 g/mol. The van der Waals surface area contributed by atoms with Crippen molar-refractivity contribution in [3.05, 3.63) is 58.9 Å². The number of amidine groups is 1. The first-order chi connectivity index (χ1) is 12.9. The third-order valence-electron chi connectivity index (χ3n) is 4.82. The minimum atomic E-state index is -3.37. The van der Waals surface area contributed by atoms with E-state index in [4.69, 9.17) is 16.3 Å². The molecule has 0 amide bonds. The molecule has 0 spiro atoms. The van der Waals surface area contributed by atoms with Crippen molar-refractivity contribution in [3.63, 3.8) is 0 Å². The number of hydrogen-bond donors (Lipinski definition) is 0. The highest BCUT2D eigenvalue weighted by Crippen LogP contribution is 2.33. The predicted octanol–water partition coefficient (Wildman–Crippen LogP) is 4.19. The SMILES string of the molecule is O=S1(=O)CCN2CCC[C@@H](c3ccc(Oc4ccc(F)c(Cl)c4)cc3)C2=N1. The van der Waals surface area contributed by atoms with Crippen molar-refractivity contribution < 1.29 is 17.5 Å². The fourth-order valence-electron chi connectivity index (χ4n) is 3.47. The zero-order valence-corrected chi connectivity index (χ0v) is 16.0. The summed E-state index contributed by atoms with van der Waals surface area (Å²) >= 11 is 5.77. The second-order valence-corrected chi connectivity index (χ2v) is 8.83. The fourth-order valence-corrected chi connectivity index (χ4v) is 4.71. The van der Waals surface area contributed by atoms with Gasteiger partial charge in [0.05, 0.1) is 10.8 Å². The lowest BCUT2D eigenvalue weighted by molar-refractivity contribution is 0.366. The van der Waals surface area contributed by atoms with Gasteiger partial charge in [-0.25, -0.2) is 12.8 Å².